The lowest BCUT2D eigenvalue weighted by atomic mass is 10.1. The first-order chi connectivity index (χ1) is 13.6. The second kappa shape index (κ2) is 10.1. The van der Waals surface area contributed by atoms with Crippen LogP contribution in [0.1, 0.15) is 41.4 Å². The van der Waals surface area contributed by atoms with Crippen LogP contribution in [-0.2, 0) is 9.53 Å². The summed E-state index contributed by atoms with van der Waals surface area (Å²) in [5.74, 6) is 0.252. The SMILES string of the molecule is O=C(CCCC(=O)c1ccc(F)cc1)NCC(c1ccco1)N1CCOCC1. The number of benzene rings is 1. The molecule has 1 aliphatic heterocycles. The van der Waals surface area contributed by atoms with Crippen LogP contribution in [0.5, 0.6) is 0 Å². The third kappa shape index (κ3) is 5.74. The molecule has 1 fully saturated rings. The normalized spacial score (nSPS) is 15.9. The Balaban J connectivity index is 1.44. The Bertz CT molecular complexity index is 755. The van der Waals surface area contributed by atoms with Gasteiger partial charge in [-0.2, -0.15) is 0 Å². The molecule has 28 heavy (non-hydrogen) atoms. The van der Waals surface area contributed by atoms with Crippen molar-refractivity contribution in [3.8, 4) is 0 Å². The zero-order chi connectivity index (χ0) is 19.8. The Labute approximate surface area is 163 Å². The van der Waals surface area contributed by atoms with Crippen molar-refractivity contribution in [2.75, 3.05) is 32.8 Å². The second-order valence-electron chi connectivity index (χ2n) is 6.77. The predicted molar refractivity (Wildman–Crippen MR) is 101 cm³/mol. The van der Waals surface area contributed by atoms with Crippen LogP contribution in [0.2, 0.25) is 0 Å². The molecule has 0 bridgehead atoms. The molecule has 7 heteroatoms. The number of hydrogen-bond donors (Lipinski definition) is 1. The molecule has 1 N–H and O–H groups in total. The lowest BCUT2D eigenvalue weighted by Crippen LogP contribution is -2.43. The molecule has 0 aliphatic carbocycles. The Hall–Kier alpha value is -2.51. The number of furan rings is 1. The molecule has 1 atom stereocenters. The van der Waals surface area contributed by atoms with Crippen LogP contribution in [0.4, 0.5) is 4.39 Å². The number of carbonyl (C=O) groups is 2. The van der Waals surface area contributed by atoms with Crippen molar-refractivity contribution in [1.82, 2.24) is 10.2 Å². The summed E-state index contributed by atoms with van der Waals surface area (Å²) in [6, 6.07) is 9.17. The molecule has 0 spiro atoms. The topological polar surface area (TPSA) is 71.8 Å². The zero-order valence-corrected chi connectivity index (χ0v) is 15.7. The molecule has 1 amide bonds. The minimum Gasteiger partial charge on any atom is -0.468 e. The highest BCUT2D eigenvalue weighted by atomic mass is 19.1. The van der Waals surface area contributed by atoms with Crippen molar-refractivity contribution in [2.24, 2.45) is 0 Å². The number of hydrogen-bond acceptors (Lipinski definition) is 5. The maximum absolute atomic E-state index is 12.9. The predicted octanol–water partition coefficient (Wildman–Crippen LogP) is 2.96. The van der Waals surface area contributed by atoms with Crippen LogP contribution in [0.25, 0.3) is 0 Å². The summed E-state index contributed by atoms with van der Waals surface area (Å²) in [7, 11) is 0. The Morgan fingerprint density at radius 2 is 1.86 bits per heavy atom. The molecular formula is C21H25FN2O4. The maximum atomic E-state index is 12.9. The van der Waals surface area contributed by atoms with Crippen LogP contribution in [-0.4, -0.2) is 49.4 Å². The van der Waals surface area contributed by atoms with E-state index in [0.717, 1.165) is 18.8 Å². The van der Waals surface area contributed by atoms with Gasteiger partial charge < -0.3 is 14.5 Å². The number of ketones is 1. The molecule has 150 valence electrons. The van der Waals surface area contributed by atoms with Gasteiger partial charge in [0.15, 0.2) is 5.78 Å². The van der Waals surface area contributed by atoms with Gasteiger partial charge >= 0.3 is 0 Å². The van der Waals surface area contributed by atoms with Gasteiger partial charge in [0.2, 0.25) is 5.91 Å². The van der Waals surface area contributed by atoms with E-state index in [1.807, 2.05) is 12.1 Å². The first-order valence-corrected chi connectivity index (χ1v) is 9.54. The van der Waals surface area contributed by atoms with E-state index in [2.05, 4.69) is 10.2 Å². The second-order valence-corrected chi connectivity index (χ2v) is 6.77. The average molecular weight is 388 g/mol. The molecule has 0 saturated carbocycles. The summed E-state index contributed by atoms with van der Waals surface area (Å²) in [6.07, 6.45) is 2.60. The number of carbonyl (C=O) groups excluding carboxylic acids is 2. The number of amides is 1. The minimum absolute atomic E-state index is 0.0382. The van der Waals surface area contributed by atoms with Crippen molar-refractivity contribution < 1.29 is 23.1 Å². The summed E-state index contributed by atoms with van der Waals surface area (Å²) in [6.45, 7) is 3.34. The lowest BCUT2D eigenvalue weighted by Gasteiger charge is -2.33. The highest BCUT2D eigenvalue weighted by molar-refractivity contribution is 5.96. The van der Waals surface area contributed by atoms with Crippen molar-refractivity contribution in [2.45, 2.75) is 25.3 Å². The smallest absolute Gasteiger partial charge is 0.220 e. The van der Waals surface area contributed by atoms with Crippen molar-refractivity contribution in [3.63, 3.8) is 0 Å². The fourth-order valence-corrected chi connectivity index (χ4v) is 3.27. The quantitative estimate of drug-likeness (QED) is 0.669. The van der Waals surface area contributed by atoms with E-state index in [9.17, 15) is 14.0 Å². The molecule has 1 aromatic heterocycles. The fraction of sp³-hybridized carbons (Fsp3) is 0.429. The van der Waals surface area contributed by atoms with Gasteiger partial charge in [-0.3, -0.25) is 14.5 Å². The van der Waals surface area contributed by atoms with E-state index >= 15 is 0 Å². The molecule has 6 nitrogen and oxygen atoms in total. The van der Waals surface area contributed by atoms with Gasteiger partial charge in [0.05, 0.1) is 25.5 Å². The zero-order valence-electron chi connectivity index (χ0n) is 15.7. The van der Waals surface area contributed by atoms with Crippen LogP contribution in [0, 0.1) is 5.82 Å². The number of morpholine rings is 1. The number of rotatable bonds is 9. The minimum atomic E-state index is -0.373. The summed E-state index contributed by atoms with van der Waals surface area (Å²) >= 11 is 0. The number of nitrogens with zero attached hydrogens (tertiary/aromatic N) is 1. The van der Waals surface area contributed by atoms with Crippen molar-refractivity contribution >= 4 is 11.7 Å². The number of nitrogens with one attached hydrogen (secondary N) is 1. The summed E-state index contributed by atoms with van der Waals surface area (Å²) < 4.78 is 23.9. The van der Waals surface area contributed by atoms with Gasteiger partial charge in [-0.05, 0) is 42.8 Å². The van der Waals surface area contributed by atoms with E-state index in [1.165, 1.54) is 24.3 Å². The largest absolute Gasteiger partial charge is 0.468 e. The van der Waals surface area contributed by atoms with E-state index in [4.69, 9.17) is 9.15 Å². The first-order valence-electron chi connectivity index (χ1n) is 9.54. The molecule has 2 heterocycles. The summed E-state index contributed by atoms with van der Waals surface area (Å²) in [4.78, 5) is 26.5. The molecule has 0 radical (unpaired) electrons. The van der Waals surface area contributed by atoms with Gasteiger partial charge in [-0.15, -0.1) is 0 Å². The molecule has 3 rings (SSSR count). The Kier molecular flexibility index (Phi) is 7.33. The molecule has 1 saturated heterocycles. The molecule has 1 aromatic carbocycles. The maximum Gasteiger partial charge on any atom is 0.220 e. The molecular weight excluding hydrogens is 363 g/mol. The highest BCUT2D eigenvalue weighted by Crippen LogP contribution is 2.21. The van der Waals surface area contributed by atoms with E-state index in [-0.39, 0.29) is 36.4 Å². The lowest BCUT2D eigenvalue weighted by molar-refractivity contribution is -0.121. The molecule has 1 unspecified atom stereocenters. The molecule has 2 aromatic rings. The number of Topliss-reactive ketones (excluding diaryl/α,β-unsaturated/α-hetero) is 1. The van der Waals surface area contributed by atoms with Crippen LogP contribution in [0.3, 0.4) is 0 Å². The van der Waals surface area contributed by atoms with E-state index in [0.29, 0.717) is 31.7 Å². The van der Waals surface area contributed by atoms with Gasteiger partial charge in [-0.1, -0.05) is 0 Å². The van der Waals surface area contributed by atoms with E-state index in [1.54, 1.807) is 6.26 Å². The standard InChI is InChI=1S/C21H25FN2O4/c22-17-8-6-16(7-9-17)19(25)3-1-5-21(26)23-15-18(20-4-2-12-28-20)24-10-13-27-14-11-24/h2,4,6-9,12,18H,1,3,5,10-11,13-15H2,(H,23,26). The first kappa shape index (κ1) is 20.2. The highest BCUT2D eigenvalue weighted by Gasteiger charge is 2.25. The van der Waals surface area contributed by atoms with Gasteiger partial charge in [0.25, 0.3) is 0 Å². The third-order valence-corrected chi connectivity index (χ3v) is 4.82. The average Bonchev–Trinajstić information content (AvgIpc) is 3.24. The van der Waals surface area contributed by atoms with E-state index < -0.39 is 0 Å². The third-order valence-electron chi connectivity index (χ3n) is 4.82. The fourth-order valence-electron chi connectivity index (χ4n) is 3.27. The summed E-state index contributed by atoms with van der Waals surface area (Å²) in [5, 5.41) is 2.95. The molecule has 1 aliphatic rings. The van der Waals surface area contributed by atoms with Gasteiger partial charge in [-0.25, -0.2) is 4.39 Å². The van der Waals surface area contributed by atoms with Crippen molar-refractivity contribution in [1.29, 1.82) is 0 Å². The Morgan fingerprint density at radius 1 is 1.11 bits per heavy atom. The number of halogens is 1. The van der Waals surface area contributed by atoms with Gasteiger partial charge in [0.1, 0.15) is 11.6 Å². The van der Waals surface area contributed by atoms with Crippen LogP contribution in [0.15, 0.2) is 47.1 Å². The Morgan fingerprint density at radius 3 is 2.54 bits per heavy atom. The van der Waals surface area contributed by atoms with Crippen LogP contribution < -0.4 is 5.32 Å². The van der Waals surface area contributed by atoms with Crippen LogP contribution >= 0.6 is 0 Å². The number of ether oxygens (including phenoxy) is 1. The monoisotopic (exact) mass is 388 g/mol. The summed E-state index contributed by atoms with van der Waals surface area (Å²) in [5.41, 5.74) is 0.465. The van der Waals surface area contributed by atoms with Gasteiger partial charge in [0, 0.05) is 38.0 Å². The van der Waals surface area contributed by atoms with Crippen molar-refractivity contribution in [3.05, 3.63) is 59.8 Å².